The standard InChI is InChI=1S/C19H26N6/c1-11-10-16(8-9-20-11)17-23-18(21-12(2)14-4-5-14)25-19(24-17)22-13(3)15-6-7-15/h8-10,12-15H,4-7H2,1-3H3,(H2,21,22,23,24,25)/t12-,13-/m1/s1. The van der Waals surface area contributed by atoms with Crippen LogP contribution in [0.1, 0.15) is 45.2 Å². The first-order valence-corrected chi connectivity index (χ1v) is 9.30. The lowest BCUT2D eigenvalue weighted by atomic mass is 10.2. The van der Waals surface area contributed by atoms with Gasteiger partial charge in [0.05, 0.1) is 0 Å². The molecule has 0 unspecified atom stereocenters. The van der Waals surface area contributed by atoms with Crippen LogP contribution in [0, 0.1) is 18.8 Å². The topological polar surface area (TPSA) is 75.6 Å². The van der Waals surface area contributed by atoms with Gasteiger partial charge in [-0.15, -0.1) is 0 Å². The SMILES string of the molecule is Cc1cc(-c2nc(N[C@H](C)C3CC3)nc(N[C@H](C)C3CC3)n2)ccn1. The Morgan fingerprint density at radius 2 is 1.48 bits per heavy atom. The molecular weight excluding hydrogens is 312 g/mol. The van der Waals surface area contributed by atoms with E-state index in [0.717, 1.165) is 23.1 Å². The number of rotatable bonds is 7. The van der Waals surface area contributed by atoms with E-state index < -0.39 is 0 Å². The lowest BCUT2D eigenvalue weighted by Crippen LogP contribution is -2.23. The van der Waals surface area contributed by atoms with Gasteiger partial charge >= 0.3 is 0 Å². The van der Waals surface area contributed by atoms with Gasteiger partial charge in [0.1, 0.15) is 0 Å². The Labute approximate surface area is 148 Å². The monoisotopic (exact) mass is 338 g/mol. The van der Waals surface area contributed by atoms with Gasteiger partial charge in [0.25, 0.3) is 0 Å². The zero-order valence-electron chi connectivity index (χ0n) is 15.2. The molecule has 6 nitrogen and oxygen atoms in total. The predicted octanol–water partition coefficient (Wildman–Crippen LogP) is 3.66. The number of hydrogen-bond donors (Lipinski definition) is 2. The van der Waals surface area contributed by atoms with E-state index in [4.69, 9.17) is 0 Å². The molecule has 2 N–H and O–H groups in total. The summed E-state index contributed by atoms with van der Waals surface area (Å²) in [6.07, 6.45) is 6.96. The minimum atomic E-state index is 0.392. The van der Waals surface area contributed by atoms with Gasteiger partial charge < -0.3 is 10.6 Å². The van der Waals surface area contributed by atoms with E-state index in [-0.39, 0.29) is 0 Å². The summed E-state index contributed by atoms with van der Waals surface area (Å²) in [5, 5.41) is 6.94. The molecule has 2 aliphatic rings. The Morgan fingerprint density at radius 3 is 1.96 bits per heavy atom. The van der Waals surface area contributed by atoms with Gasteiger partial charge in [0.2, 0.25) is 11.9 Å². The van der Waals surface area contributed by atoms with E-state index in [1.165, 1.54) is 25.7 Å². The molecule has 2 heterocycles. The molecule has 0 radical (unpaired) electrons. The molecule has 6 heteroatoms. The summed E-state index contributed by atoms with van der Waals surface area (Å²) in [4.78, 5) is 18.2. The highest BCUT2D eigenvalue weighted by molar-refractivity contribution is 5.58. The Bertz CT molecular complexity index is 715. The first-order chi connectivity index (χ1) is 12.1. The molecule has 4 rings (SSSR count). The molecule has 0 amide bonds. The number of nitrogens with zero attached hydrogens (tertiary/aromatic N) is 4. The fourth-order valence-corrected chi connectivity index (χ4v) is 3.15. The molecule has 0 spiro atoms. The molecule has 0 saturated heterocycles. The number of aromatic nitrogens is 4. The normalized spacial score (nSPS) is 19.3. The van der Waals surface area contributed by atoms with Gasteiger partial charge in [-0.2, -0.15) is 15.0 Å². The van der Waals surface area contributed by atoms with Crippen molar-refractivity contribution in [2.24, 2.45) is 11.8 Å². The zero-order valence-corrected chi connectivity index (χ0v) is 15.2. The van der Waals surface area contributed by atoms with Gasteiger partial charge in [0.15, 0.2) is 5.82 Å². The second-order valence-corrected chi connectivity index (χ2v) is 7.53. The molecule has 2 atom stereocenters. The van der Waals surface area contributed by atoms with Crippen LogP contribution in [0.5, 0.6) is 0 Å². The van der Waals surface area contributed by atoms with Gasteiger partial charge in [-0.3, -0.25) is 4.98 Å². The van der Waals surface area contributed by atoms with Crippen molar-refractivity contribution in [1.82, 2.24) is 19.9 Å². The van der Waals surface area contributed by atoms with Crippen molar-refractivity contribution in [3.05, 3.63) is 24.0 Å². The van der Waals surface area contributed by atoms with Gasteiger partial charge in [-0.05, 0) is 70.4 Å². The van der Waals surface area contributed by atoms with E-state index >= 15 is 0 Å². The molecule has 2 aromatic rings. The summed E-state index contributed by atoms with van der Waals surface area (Å²) >= 11 is 0. The fourth-order valence-electron chi connectivity index (χ4n) is 3.15. The Kier molecular flexibility index (Phi) is 4.27. The number of hydrogen-bond acceptors (Lipinski definition) is 6. The van der Waals surface area contributed by atoms with Crippen molar-refractivity contribution < 1.29 is 0 Å². The lowest BCUT2D eigenvalue weighted by Gasteiger charge is -2.17. The third-order valence-corrected chi connectivity index (χ3v) is 5.16. The highest BCUT2D eigenvalue weighted by Gasteiger charge is 2.30. The fraction of sp³-hybridized carbons (Fsp3) is 0.579. The maximum atomic E-state index is 4.66. The third-order valence-electron chi connectivity index (χ3n) is 5.16. The van der Waals surface area contributed by atoms with Gasteiger partial charge in [0, 0.05) is 29.5 Å². The molecule has 2 aromatic heterocycles. The highest BCUT2D eigenvalue weighted by atomic mass is 15.2. The zero-order chi connectivity index (χ0) is 17.4. The van der Waals surface area contributed by atoms with Crippen molar-refractivity contribution in [2.75, 3.05) is 10.6 Å². The molecule has 2 fully saturated rings. The summed E-state index contributed by atoms with van der Waals surface area (Å²) in [7, 11) is 0. The van der Waals surface area contributed by atoms with Gasteiger partial charge in [-0.25, -0.2) is 0 Å². The van der Waals surface area contributed by atoms with Crippen LogP contribution in [-0.2, 0) is 0 Å². The van der Waals surface area contributed by atoms with Crippen molar-refractivity contribution in [2.45, 2.75) is 58.5 Å². The number of anilines is 2. The first-order valence-electron chi connectivity index (χ1n) is 9.30. The number of nitrogens with one attached hydrogen (secondary N) is 2. The quantitative estimate of drug-likeness (QED) is 0.802. The molecule has 25 heavy (non-hydrogen) atoms. The number of pyridine rings is 1. The van der Waals surface area contributed by atoms with Crippen LogP contribution in [-0.4, -0.2) is 32.0 Å². The van der Waals surface area contributed by atoms with Crippen LogP contribution in [0.4, 0.5) is 11.9 Å². The van der Waals surface area contributed by atoms with Crippen LogP contribution >= 0.6 is 0 Å². The van der Waals surface area contributed by atoms with Crippen LogP contribution in [0.15, 0.2) is 18.3 Å². The summed E-state index contributed by atoms with van der Waals surface area (Å²) in [6, 6.07) is 4.74. The molecule has 2 aliphatic carbocycles. The molecular formula is C19H26N6. The predicted molar refractivity (Wildman–Crippen MR) is 99.4 cm³/mol. The van der Waals surface area contributed by atoms with Crippen molar-refractivity contribution in [3.8, 4) is 11.4 Å². The molecule has 0 bridgehead atoms. The summed E-state index contributed by atoms with van der Waals surface area (Å²) in [5.41, 5.74) is 1.93. The smallest absolute Gasteiger partial charge is 0.228 e. The van der Waals surface area contributed by atoms with Crippen LogP contribution in [0.3, 0.4) is 0 Å². The van der Waals surface area contributed by atoms with Crippen LogP contribution in [0.2, 0.25) is 0 Å². The van der Waals surface area contributed by atoms with Crippen molar-refractivity contribution in [3.63, 3.8) is 0 Å². The van der Waals surface area contributed by atoms with Crippen LogP contribution < -0.4 is 10.6 Å². The van der Waals surface area contributed by atoms with E-state index in [1.54, 1.807) is 6.20 Å². The molecule has 132 valence electrons. The lowest BCUT2D eigenvalue weighted by molar-refractivity contribution is 0.676. The number of aryl methyl sites for hydroxylation is 1. The Balaban J connectivity index is 1.63. The molecule has 0 aromatic carbocycles. The summed E-state index contributed by atoms with van der Waals surface area (Å²) in [6.45, 7) is 6.39. The second-order valence-electron chi connectivity index (χ2n) is 7.53. The minimum Gasteiger partial charge on any atom is -0.351 e. The van der Waals surface area contributed by atoms with Crippen LogP contribution in [0.25, 0.3) is 11.4 Å². The van der Waals surface area contributed by atoms with E-state index in [2.05, 4.69) is 44.4 Å². The maximum Gasteiger partial charge on any atom is 0.228 e. The van der Waals surface area contributed by atoms with Gasteiger partial charge in [-0.1, -0.05) is 0 Å². The molecule has 0 aliphatic heterocycles. The summed E-state index contributed by atoms with van der Waals surface area (Å²) < 4.78 is 0. The van der Waals surface area contributed by atoms with Crippen molar-refractivity contribution in [1.29, 1.82) is 0 Å². The maximum absolute atomic E-state index is 4.66. The van der Waals surface area contributed by atoms with E-state index in [1.807, 2.05) is 19.1 Å². The second kappa shape index (κ2) is 6.58. The Hall–Kier alpha value is -2.24. The van der Waals surface area contributed by atoms with Crippen molar-refractivity contribution >= 4 is 11.9 Å². The van der Waals surface area contributed by atoms with E-state index in [9.17, 15) is 0 Å². The largest absolute Gasteiger partial charge is 0.351 e. The average Bonchev–Trinajstić information content (AvgIpc) is 3.48. The highest BCUT2D eigenvalue weighted by Crippen LogP contribution is 2.35. The molecule has 2 saturated carbocycles. The first kappa shape index (κ1) is 16.2. The van der Waals surface area contributed by atoms with E-state index in [0.29, 0.717) is 29.8 Å². The minimum absolute atomic E-state index is 0.392. The third kappa shape index (κ3) is 4.06. The Morgan fingerprint density at radius 1 is 0.920 bits per heavy atom. The summed E-state index contributed by atoms with van der Waals surface area (Å²) in [5.74, 6) is 3.49. The average molecular weight is 338 g/mol.